The van der Waals surface area contributed by atoms with Gasteiger partial charge in [-0.05, 0) is 42.3 Å². The third-order valence-corrected chi connectivity index (χ3v) is 4.53. The molecule has 1 aromatic carbocycles. The van der Waals surface area contributed by atoms with E-state index >= 15 is 0 Å². The number of benzene rings is 1. The number of ether oxygens (including phenoxy) is 1. The van der Waals surface area contributed by atoms with Crippen LogP contribution in [0.2, 0.25) is 5.02 Å². The molecule has 0 unspecified atom stereocenters. The number of pyridine rings is 1. The molecule has 132 valence electrons. The number of nitrogens with one attached hydrogen (secondary N) is 2. The Morgan fingerprint density at radius 2 is 2.19 bits per heavy atom. The predicted octanol–water partition coefficient (Wildman–Crippen LogP) is 3.45. The molecule has 0 aliphatic heterocycles. The highest BCUT2D eigenvalue weighted by Crippen LogP contribution is 2.23. The first kappa shape index (κ1) is 16.5. The van der Waals surface area contributed by atoms with E-state index in [1.165, 1.54) is 0 Å². The van der Waals surface area contributed by atoms with Gasteiger partial charge >= 0.3 is 0 Å². The van der Waals surface area contributed by atoms with Gasteiger partial charge in [0.05, 0.1) is 12.1 Å². The molecule has 0 bridgehead atoms. The van der Waals surface area contributed by atoms with Crippen LogP contribution in [0.5, 0.6) is 5.75 Å². The minimum absolute atomic E-state index is 0.206. The summed E-state index contributed by atoms with van der Waals surface area (Å²) in [6.45, 7) is 0.512. The van der Waals surface area contributed by atoms with Crippen LogP contribution >= 0.6 is 11.6 Å². The molecule has 6 nitrogen and oxygen atoms in total. The molecule has 0 radical (unpaired) electrons. The number of imidazole rings is 1. The van der Waals surface area contributed by atoms with Gasteiger partial charge in [-0.15, -0.1) is 0 Å². The van der Waals surface area contributed by atoms with Crippen molar-refractivity contribution in [3.8, 4) is 5.75 Å². The average molecular weight is 369 g/mol. The van der Waals surface area contributed by atoms with Crippen molar-refractivity contribution in [3.05, 3.63) is 65.2 Å². The van der Waals surface area contributed by atoms with E-state index in [1.807, 2.05) is 24.4 Å². The Morgan fingerprint density at radius 1 is 1.31 bits per heavy atom. The molecule has 0 saturated carbocycles. The molecule has 3 heterocycles. The van der Waals surface area contributed by atoms with Crippen molar-refractivity contribution in [2.24, 2.45) is 0 Å². The Labute approximate surface area is 154 Å². The maximum Gasteiger partial charge on any atom is 0.271 e. The molecule has 3 aromatic heterocycles. The van der Waals surface area contributed by atoms with Gasteiger partial charge in [-0.2, -0.15) is 0 Å². The summed E-state index contributed by atoms with van der Waals surface area (Å²) in [5.41, 5.74) is 3.22. The molecule has 26 heavy (non-hydrogen) atoms. The SMILES string of the molecule is COc1ccc2[nH]cc(CCNC(=O)c3cn4cc(Cl)ccc4n3)c2c1. The van der Waals surface area contributed by atoms with Crippen molar-refractivity contribution in [1.82, 2.24) is 19.7 Å². The lowest BCUT2D eigenvalue weighted by atomic mass is 10.1. The van der Waals surface area contributed by atoms with Crippen LogP contribution < -0.4 is 10.1 Å². The normalized spacial score (nSPS) is 11.2. The van der Waals surface area contributed by atoms with E-state index in [9.17, 15) is 4.79 Å². The lowest BCUT2D eigenvalue weighted by Crippen LogP contribution is -2.25. The van der Waals surface area contributed by atoms with Gasteiger partial charge < -0.3 is 19.4 Å². The lowest BCUT2D eigenvalue weighted by Gasteiger charge is -2.04. The maximum atomic E-state index is 12.3. The van der Waals surface area contributed by atoms with E-state index < -0.39 is 0 Å². The fraction of sp³-hybridized carbons (Fsp3) is 0.158. The predicted molar refractivity (Wildman–Crippen MR) is 101 cm³/mol. The number of carbonyl (C=O) groups is 1. The highest BCUT2D eigenvalue weighted by molar-refractivity contribution is 6.30. The quantitative estimate of drug-likeness (QED) is 0.566. The van der Waals surface area contributed by atoms with Crippen LogP contribution in [0.3, 0.4) is 0 Å². The lowest BCUT2D eigenvalue weighted by molar-refractivity contribution is 0.0950. The van der Waals surface area contributed by atoms with Crippen LogP contribution in [-0.4, -0.2) is 33.9 Å². The van der Waals surface area contributed by atoms with Crippen molar-refractivity contribution in [1.29, 1.82) is 0 Å². The molecule has 0 fully saturated rings. The van der Waals surface area contributed by atoms with Crippen molar-refractivity contribution in [2.75, 3.05) is 13.7 Å². The molecule has 4 aromatic rings. The monoisotopic (exact) mass is 368 g/mol. The molecule has 1 amide bonds. The van der Waals surface area contributed by atoms with Crippen molar-refractivity contribution >= 4 is 34.1 Å². The Morgan fingerprint density at radius 3 is 3.04 bits per heavy atom. The molecule has 0 saturated heterocycles. The number of H-pyrrole nitrogens is 1. The number of hydrogen-bond donors (Lipinski definition) is 2. The zero-order valence-electron chi connectivity index (χ0n) is 14.1. The van der Waals surface area contributed by atoms with Gasteiger partial charge in [0, 0.05) is 36.0 Å². The second-order valence-electron chi connectivity index (χ2n) is 5.97. The first-order valence-electron chi connectivity index (χ1n) is 8.20. The highest BCUT2D eigenvalue weighted by atomic mass is 35.5. The number of rotatable bonds is 5. The van der Waals surface area contributed by atoms with E-state index in [0.29, 0.717) is 29.3 Å². The van der Waals surface area contributed by atoms with Gasteiger partial charge in [-0.1, -0.05) is 11.6 Å². The second-order valence-corrected chi connectivity index (χ2v) is 6.41. The molecular formula is C19H17ClN4O2. The summed E-state index contributed by atoms with van der Waals surface area (Å²) in [5.74, 6) is 0.605. The van der Waals surface area contributed by atoms with Gasteiger partial charge in [0.15, 0.2) is 0 Å². The fourth-order valence-corrected chi connectivity index (χ4v) is 3.13. The van der Waals surface area contributed by atoms with Gasteiger partial charge in [-0.3, -0.25) is 4.79 Å². The van der Waals surface area contributed by atoms with Crippen LogP contribution in [0.25, 0.3) is 16.6 Å². The standard InChI is InChI=1S/C19H17ClN4O2/c1-26-14-3-4-16-15(8-14)12(9-22-16)6-7-21-19(25)17-11-24-10-13(20)2-5-18(24)23-17/h2-5,8-11,22H,6-7H2,1H3,(H,21,25). The Bertz CT molecular complexity index is 1100. The summed E-state index contributed by atoms with van der Waals surface area (Å²) in [5, 5.41) is 4.61. The maximum absolute atomic E-state index is 12.3. The molecule has 4 rings (SSSR count). The third-order valence-electron chi connectivity index (χ3n) is 4.30. The molecule has 0 spiro atoms. The molecular weight excluding hydrogens is 352 g/mol. The summed E-state index contributed by atoms with van der Waals surface area (Å²) < 4.78 is 7.02. The average Bonchev–Trinajstić information content (AvgIpc) is 3.25. The van der Waals surface area contributed by atoms with Crippen LogP contribution in [0.15, 0.2) is 48.9 Å². The van der Waals surface area contributed by atoms with Crippen molar-refractivity contribution < 1.29 is 9.53 Å². The number of nitrogens with zero attached hydrogens (tertiary/aromatic N) is 2. The number of aromatic amines is 1. The number of aromatic nitrogens is 3. The molecule has 2 N–H and O–H groups in total. The summed E-state index contributed by atoms with van der Waals surface area (Å²) in [7, 11) is 1.65. The Hall–Kier alpha value is -2.99. The summed E-state index contributed by atoms with van der Waals surface area (Å²) in [6, 6.07) is 9.42. The Balaban J connectivity index is 1.44. The number of carbonyl (C=O) groups excluding carboxylic acids is 1. The fourth-order valence-electron chi connectivity index (χ4n) is 2.97. The molecule has 0 atom stereocenters. The number of halogens is 1. The van der Waals surface area contributed by atoms with E-state index in [2.05, 4.69) is 15.3 Å². The summed E-state index contributed by atoms with van der Waals surface area (Å²) >= 11 is 5.96. The van der Waals surface area contributed by atoms with Crippen LogP contribution in [0, 0.1) is 0 Å². The minimum Gasteiger partial charge on any atom is -0.497 e. The van der Waals surface area contributed by atoms with E-state index in [1.54, 1.807) is 36.0 Å². The van der Waals surface area contributed by atoms with Gasteiger partial charge in [0.2, 0.25) is 0 Å². The van der Waals surface area contributed by atoms with Crippen LogP contribution in [-0.2, 0) is 6.42 Å². The van der Waals surface area contributed by atoms with E-state index in [0.717, 1.165) is 22.2 Å². The summed E-state index contributed by atoms with van der Waals surface area (Å²) in [6.07, 6.45) is 6.06. The molecule has 0 aliphatic rings. The smallest absolute Gasteiger partial charge is 0.271 e. The van der Waals surface area contributed by atoms with Gasteiger partial charge in [0.1, 0.15) is 17.1 Å². The van der Waals surface area contributed by atoms with Crippen molar-refractivity contribution in [3.63, 3.8) is 0 Å². The van der Waals surface area contributed by atoms with Gasteiger partial charge in [-0.25, -0.2) is 4.98 Å². The molecule has 0 aliphatic carbocycles. The zero-order valence-corrected chi connectivity index (χ0v) is 14.9. The first-order chi connectivity index (χ1) is 12.6. The third kappa shape index (κ3) is 3.11. The van der Waals surface area contributed by atoms with Gasteiger partial charge in [0.25, 0.3) is 5.91 Å². The number of amides is 1. The summed E-state index contributed by atoms with van der Waals surface area (Å²) in [4.78, 5) is 19.9. The van der Waals surface area contributed by atoms with Crippen LogP contribution in [0.4, 0.5) is 0 Å². The minimum atomic E-state index is -0.206. The molecule has 7 heteroatoms. The number of methoxy groups -OCH3 is 1. The second kappa shape index (κ2) is 6.72. The number of fused-ring (bicyclic) bond motifs is 2. The van der Waals surface area contributed by atoms with E-state index in [4.69, 9.17) is 16.3 Å². The Kier molecular flexibility index (Phi) is 4.26. The number of hydrogen-bond acceptors (Lipinski definition) is 3. The zero-order chi connectivity index (χ0) is 18.1. The van der Waals surface area contributed by atoms with Crippen LogP contribution in [0.1, 0.15) is 16.1 Å². The topological polar surface area (TPSA) is 71.4 Å². The van der Waals surface area contributed by atoms with Crippen molar-refractivity contribution in [2.45, 2.75) is 6.42 Å². The highest BCUT2D eigenvalue weighted by Gasteiger charge is 2.11. The first-order valence-corrected chi connectivity index (χ1v) is 8.58. The largest absolute Gasteiger partial charge is 0.497 e. The van der Waals surface area contributed by atoms with E-state index in [-0.39, 0.29) is 5.91 Å².